The maximum absolute atomic E-state index is 12.3. The van der Waals surface area contributed by atoms with Gasteiger partial charge in [-0.25, -0.2) is 0 Å². The zero-order chi connectivity index (χ0) is 12.7. The molecule has 96 valence electrons. The highest BCUT2D eigenvalue weighted by molar-refractivity contribution is 6.01. The summed E-state index contributed by atoms with van der Waals surface area (Å²) in [6.45, 7) is 2.16. The molecule has 0 radical (unpaired) electrons. The quantitative estimate of drug-likeness (QED) is 0.760. The lowest BCUT2D eigenvalue weighted by Gasteiger charge is -2.40. The summed E-state index contributed by atoms with van der Waals surface area (Å²) >= 11 is 0. The van der Waals surface area contributed by atoms with Crippen molar-refractivity contribution in [3.63, 3.8) is 0 Å². The number of fused-ring (bicyclic) bond motifs is 3. The van der Waals surface area contributed by atoms with Crippen LogP contribution >= 0.6 is 0 Å². The molecular weight excluding hydrogens is 226 g/mol. The van der Waals surface area contributed by atoms with Gasteiger partial charge in [-0.1, -0.05) is 12.1 Å². The van der Waals surface area contributed by atoms with Gasteiger partial charge in [0, 0.05) is 18.9 Å². The molecule has 0 spiro atoms. The van der Waals surface area contributed by atoms with Crippen LogP contribution in [-0.4, -0.2) is 37.9 Å². The maximum atomic E-state index is 12.3. The number of ketones is 1. The SMILES string of the molecule is COc1cccc2c1C(=O)C[C@H]1CCN(C)C[C@H]21. The number of hydrogen-bond donors (Lipinski definition) is 0. The fourth-order valence-electron chi connectivity index (χ4n) is 3.43. The van der Waals surface area contributed by atoms with Crippen LogP contribution in [-0.2, 0) is 0 Å². The van der Waals surface area contributed by atoms with Crippen LogP contribution in [0.1, 0.15) is 34.7 Å². The molecule has 18 heavy (non-hydrogen) atoms. The molecule has 0 N–H and O–H groups in total. The fraction of sp³-hybridized carbons (Fsp3) is 0.533. The third kappa shape index (κ3) is 1.74. The molecule has 0 bridgehead atoms. The smallest absolute Gasteiger partial charge is 0.167 e. The minimum Gasteiger partial charge on any atom is -0.496 e. The van der Waals surface area contributed by atoms with Crippen LogP contribution in [0.15, 0.2) is 18.2 Å². The van der Waals surface area contributed by atoms with Crippen molar-refractivity contribution in [2.75, 3.05) is 27.2 Å². The lowest BCUT2D eigenvalue weighted by molar-refractivity contribution is 0.0883. The molecule has 1 aliphatic heterocycles. The Hall–Kier alpha value is -1.35. The van der Waals surface area contributed by atoms with Crippen LogP contribution in [0, 0.1) is 5.92 Å². The van der Waals surface area contributed by atoms with E-state index < -0.39 is 0 Å². The molecule has 2 atom stereocenters. The molecule has 1 saturated heterocycles. The minimum atomic E-state index is 0.258. The fourth-order valence-corrected chi connectivity index (χ4v) is 3.43. The van der Waals surface area contributed by atoms with Gasteiger partial charge in [0.25, 0.3) is 0 Å². The molecule has 3 nitrogen and oxygen atoms in total. The topological polar surface area (TPSA) is 29.5 Å². The zero-order valence-electron chi connectivity index (χ0n) is 11.0. The largest absolute Gasteiger partial charge is 0.496 e. The third-order valence-electron chi connectivity index (χ3n) is 4.36. The monoisotopic (exact) mass is 245 g/mol. The molecule has 0 unspecified atom stereocenters. The van der Waals surface area contributed by atoms with Crippen molar-refractivity contribution in [3.8, 4) is 5.75 Å². The Balaban J connectivity index is 2.08. The molecule has 1 fully saturated rings. The number of likely N-dealkylation sites (N-methyl/N-ethyl adjacent to an activating group) is 1. The Bertz CT molecular complexity index is 483. The number of ether oxygens (including phenoxy) is 1. The van der Waals surface area contributed by atoms with E-state index in [1.54, 1.807) is 7.11 Å². The molecule has 1 aromatic carbocycles. The van der Waals surface area contributed by atoms with Crippen molar-refractivity contribution in [2.24, 2.45) is 5.92 Å². The third-order valence-corrected chi connectivity index (χ3v) is 4.36. The summed E-state index contributed by atoms with van der Waals surface area (Å²) in [6, 6.07) is 6.00. The second-order valence-corrected chi connectivity index (χ2v) is 5.47. The highest BCUT2D eigenvalue weighted by atomic mass is 16.5. The van der Waals surface area contributed by atoms with Gasteiger partial charge in [0.15, 0.2) is 5.78 Å². The number of likely N-dealkylation sites (tertiary alicyclic amines) is 1. The normalized spacial score (nSPS) is 27.6. The van der Waals surface area contributed by atoms with Crippen molar-refractivity contribution in [2.45, 2.75) is 18.8 Å². The molecule has 0 aromatic heterocycles. The van der Waals surface area contributed by atoms with Crippen molar-refractivity contribution in [3.05, 3.63) is 29.3 Å². The molecule has 3 heteroatoms. The molecule has 1 aliphatic carbocycles. The van der Waals surface area contributed by atoms with Gasteiger partial charge < -0.3 is 9.64 Å². The Morgan fingerprint density at radius 3 is 3.00 bits per heavy atom. The van der Waals surface area contributed by atoms with Crippen LogP contribution in [0.2, 0.25) is 0 Å². The van der Waals surface area contributed by atoms with Crippen LogP contribution in [0.3, 0.4) is 0 Å². The van der Waals surface area contributed by atoms with E-state index in [0.717, 1.165) is 30.8 Å². The summed E-state index contributed by atoms with van der Waals surface area (Å²) in [5.41, 5.74) is 2.03. The van der Waals surface area contributed by atoms with Crippen LogP contribution < -0.4 is 4.74 Å². The van der Waals surface area contributed by atoms with Crippen molar-refractivity contribution in [1.29, 1.82) is 0 Å². The van der Waals surface area contributed by atoms with E-state index >= 15 is 0 Å². The van der Waals surface area contributed by atoms with E-state index in [1.165, 1.54) is 5.56 Å². The van der Waals surface area contributed by atoms with E-state index in [1.807, 2.05) is 12.1 Å². The summed E-state index contributed by atoms with van der Waals surface area (Å²) in [4.78, 5) is 14.7. The number of rotatable bonds is 1. The molecule has 1 heterocycles. The number of piperidine rings is 1. The maximum Gasteiger partial charge on any atom is 0.167 e. The first-order valence-corrected chi connectivity index (χ1v) is 6.59. The van der Waals surface area contributed by atoms with Crippen molar-refractivity contribution in [1.82, 2.24) is 4.90 Å². The van der Waals surface area contributed by atoms with E-state index in [4.69, 9.17) is 4.74 Å². The number of Topliss-reactive ketones (excluding diaryl/α,β-unsaturated/α-hetero) is 1. The summed E-state index contributed by atoms with van der Waals surface area (Å²) in [5, 5.41) is 0. The average Bonchev–Trinajstić information content (AvgIpc) is 2.39. The van der Waals surface area contributed by atoms with E-state index in [-0.39, 0.29) is 5.78 Å². The van der Waals surface area contributed by atoms with Gasteiger partial charge >= 0.3 is 0 Å². The van der Waals surface area contributed by atoms with Gasteiger partial charge in [-0.3, -0.25) is 4.79 Å². The van der Waals surface area contributed by atoms with Gasteiger partial charge in [-0.15, -0.1) is 0 Å². The highest BCUT2D eigenvalue weighted by Gasteiger charge is 2.38. The van der Waals surface area contributed by atoms with Gasteiger partial charge in [-0.2, -0.15) is 0 Å². The lowest BCUT2D eigenvalue weighted by atomic mass is 9.71. The Kier molecular flexibility index (Phi) is 2.86. The van der Waals surface area contributed by atoms with Crippen molar-refractivity contribution >= 4 is 5.78 Å². The molecule has 1 aromatic rings. The lowest BCUT2D eigenvalue weighted by Crippen LogP contribution is -2.40. The predicted molar refractivity (Wildman–Crippen MR) is 70.3 cm³/mol. The molecular formula is C15H19NO2. The number of nitrogens with zero attached hydrogens (tertiary/aromatic N) is 1. The Morgan fingerprint density at radius 1 is 1.39 bits per heavy atom. The zero-order valence-corrected chi connectivity index (χ0v) is 11.0. The predicted octanol–water partition coefficient (Wildman–Crippen LogP) is 2.32. The number of carbonyl (C=O) groups is 1. The second-order valence-electron chi connectivity index (χ2n) is 5.47. The summed E-state index contributed by atoms with van der Waals surface area (Å²) in [6.07, 6.45) is 1.81. The van der Waals surface area contributed by atoms with Gasteiger partial charge in [0.1, 0.15) is 5.75 Å². The first-order valence-electron chi connectivity index (χ1n) is 6.59. The highest BCUT2D eigenvalue weighted by Crippen LogP contribution is 2.43. The van der Waals surface area contributed by atoms with Gasteiger partial charge in [-0.05, 0) is 37.6 Å². The van der Waals surface area contributed by atoms with Gasteiger partial charge in [0.05, 0.1) is 12.7 Å². The van der Waals surface area contributed by atoms with Crippen LogP contribution in [0.25, 0.3) is 0 Å². The van der Waals surface area contributed by atoms with Crippen LogP contribution in [0.4, 0.5) is 0 Å². The summed E-state index contributed by atoms with van der Waals surface area (Å²) in [5.74, 6) is 2.01. The average molecular weight is 245 g/mol. The molecule has 0 amide bonds. The Morgan fingerprint density at radius 2 is 2.22 bits per heavy atom. The number of benzene rings is 1. The summed E-state index contributed by atoms with van der Waals surface area (Å²) < 4.78 is 5.36. The molecule has 0 saturated carbocycles. The molecule has 3 rings (SSSR count). The number of methoxy groups -OCH3 is 1. The minimum absolute atomic E-state index is 0.258. The second kappa shape index (κ2) is 4.39. The van der Waals surface area contributed by atoms with E-state index in [2.05, 4.69) is 18.0 Å². The van der Waals surface area contributed by atoms with E-state index in [9.17, 15) is 4.79 Å². The number of hydrogen-bond acceptors (Lipinski definition) is 3. The van der Waals surface area contributed by atoms with E-state index in [0.29, 0.717) is 18.3 Å². The summed E-state index contributed by atoms with van der Waals surface area (Å²) in [7, 11) is 3.80. The Labute approximate surface area is 108 Å². The number of carbonyl (C=O) groups excluding carboxylic acids is 1. The first-order chi connectivity index (χ1) is 8.70. The van der Waals surface area contributed by atoms with Crippen molar-refractivity contribution < 1.29 is 9.53 Å². The molecule has 2 aliphatic rings. The van der Waals surface area contributed by atoms with Crippen LogP contribution in [0.5, 0.6) is 5.75 Å². The first kappa shape index (κ1) is 11.7. The van der Waals surface area contributed by atoms with Gasteiger partial charge in [0.2, 0.25) is 0 Å². The standard InChI is InChI=1S/C15H19NO2/c1-16-7-6-10-8-13(17)15-11(12(10)9-16)4-3-5-14(15)18-2/h3-5,10,12H,6-9H2,1-2H3/t10-,12+/m1/s1.